The molecule has 7 saturated heterocycles. The third-order valence-corrected chi connectivity index (χ3v) is 14.9. The van der Waals surface area contributed by atoms with Crippen molar-refractivity contribution in [2.45, 2.75) is 215 Å². The Balaban J connectivity index is 1.12. The van der Waals surface area contributed by atoms with Crippen molar-refractivity contribution in [1.29, 1.82) is 0 Å². The van der Waals surface area contributed by atoms with Gasteiger partial charge in [0.1, 0.15) is 146 Å². The Bertz CT molecular complexity index is 2180. The third-order valence-electron chi connectivity index (χ3n) is 14.9. The standard InChI is InChI=1S/C43H70N4O36/c1-74-41-20(63)15(58)17(60)30(83-41)34(71)47-40-26(69)28(82-43-22(65)13(56)10(53)7(4-50)77-43)24(67)32(80-40)36(73)45-38-19(62)14(57)16(59)29(78-38)33(70)46-39-25(68)27(81-42-21(64)12(55)9(52)6(3-49)76-42)23(66)31(79-39)35(72)44-37-18(61)11(54)8(51)5(2-48)75-37/h5-32,37-43,48-69H,2-4H2,1H3,(H,44,72)(H,45,73)(H,46,70)(H,47,71)/t5-,6-,7-,8-,9-,10-,11+,12+,13+,14+,15+,16+,17+,18-,19-,20-,21-,22-,23+,24+,25-,26-,27+,28+,29+,30+,31+,32+,37-,38-,39-,40-,41+,42+,43+/m1/s1. The molecule has 7 aliphatic rings. The van der Waals surface area contributed by atoms with Crippen LogP contribution in [0, 0.1) is 0 Å². The highest BCUT2D eigenvalue weighted by Crippen LogP contribution is 2.33. The first-order valence-corrected chi connectivity index (χ1v) is 25.4. The van der Waals surface area contributed by atoms with E-state index in [1.807, 2.05) is 21.3 Å². The molecule has 0 aromatic rings. The Morgan fingerprint density at radius 3 is 0.916 bits per heavy atom. The molecule has 0 radical (unpaired) electrons. The van der Waals surface area contributed by atoms with E-state index in [-0.39, 0.29) is 0 Å². The molecule has 7 heterocycles. The van der Waals surface area contributed by atoms with E-state index in [9.17, 15) is 132 Å². The maximum Gasteiger partial charge on any atom is 0.254 e. The van der Waals surface area contributed by atoms with Crippen LogP contribution in [0.5, 0.6) is 0 Å². The summed E-state index contributed by atoms with van der Waals surface area (Å²) in [5.41, 5.74) is 0. The number of carbonyl (C=O) groups is 4. The molecule has 40 heteroatoms. The first-order chi connectivity index (χ1) is 39.0. The number of hydrogen-bond acceptors (Lipinski definition) is 36. The molecule has 478 valence electrons. The molecule has 0 aromatic carbocycles. The molecule has 0 aromatic heterocycles. The number of methoxy groups -OCH3 is 1. The van der Waals surface area contributed by atoms with Crippen molar-refractivity contribution in [2.24, 2.45) is 0 Å². The second-order valence-electron chi connectivity index (χ2n) is 20.4. The highest BCUT2D eigenvalue weighted by atomic mass is 16.7. The molecule has 40 nitrogen and oxygen atoms in total. The molecule has 0 spiro atoms. The minimum absolute atomic E-state index is 0.981. The maximum atomic E-state index is 14.2. The highest BCUT2D eigenvalue weighted by molar-refractivity contribution is 5.85. The molecule has 0 bridgehead atoms. The van der Waals surface area contributed by atoms with Gasteiger partial charge in [-0.2, -0.15) is 0 Å². The van der Waals surface area contributed by atoms with Gasteiger partial charge in [-0.3, -0.25) is 19.2 Å². The van der Waals surface area contributed by atoms with Gasteiger partial charge in [0, 0.05) is 7.11 Å². The predicted octanol–water partition coefficient (Wildman–Crippen LogP) is -19.2. The fourth-order valence-electron chi connectivity index (χ4n) is 9.98. The molecule has 7 aliphatic heterocycles. The van der Waals surface area contributed by atoms with Gasteiger partial charge in [-0.15, -0.1) is 0 Å². The van der Waals surface area contributed by atoms with Crippen LogP contribution in [0.15, 0.2) is 0 Å². The predicted molar refractivity (Wildman–Crippen MR) is 245 cm³/mol. The molecule has 0 unspecified atom stereocenters. The maximum absolute atomic E-state index is 14.2. The van der Waals surface area contributed by atoms with Gasteiger partial charge in [-0.25, -0.2) is 0 Å². The molecular weight excluding hydrogens is 1150 g/mol. The summed E-state index contributed by atoms with van der Waals surface area (Å²) in [6, 6.07) is 0. The van der Waals surface area contributed by atoms with Crippen LogP contribution in [0.1, 0.15) is 0 Å². The Kier molecular flexibility index (Phi) is 22.4. The minimum Gasteiger partial charge on any atom is -0.394 e. The summed E-state index contributed by atoms with van der Waals surface area (Å²) in [5, 5.41) is 241. The van der Waals surface area contributed by atoms with Crippen LogP contribution in [0.2, 0.25) is 0 Å². The van der Waals surface area contributed by atoms with Crippen molar-refractivity contribution in [3.05, 3.63) is 0 Å². The van der Waals surface area contributed by atoms with E-state index in [1.54, 1.807) is 0 Å². The Morgan fingerprint density at radius 2 is 0.566 bits per heavy atom. The molecule has 7 fully saturated rings. The number of carbonyl (C=O) groups excluding carboxylic acids is 4. The quantitative estimate of drug-likeness (QED) is 0.0682. The summed E-state index contributed by atoms with van der Waals surface area (Å²) in [6.45, 7) is -3.02. The van der Waals surface area contributed by atoms with Gasteiger partial charge in [0.05, 0.1) is 19.8 Å². The number of hydrogen-bond donors (Lipinski definition) is 26. The summed E-state index contributed by atoms with van der Waals surface area (Å²) in [6.07, 6.45) is -77.3. The fourth-order valence-corrected chi connectivity index (χ4v) is 9.98. The second-order valence-corrected chi connectivity index (χ2v) is 20.4. The summed E-state index contributed by atoms with van der Waals surface area (Å²) < 4.78 is 53.6. The average Bonchev–Trinajstić information content (AvgIpc) is 3.66. The Hall–Kier alpha value is -3.40. The van der Waals surface area contributed by atoms with Crippen LogP contribution in [0.3, 0.4) is 0 Å². The molecular formula is C43H70N4O36. The van der Waals surface area contributed by atoms with E-state index >= 15 is 0 Å². The highest BCUT2D eigenvalue weighted by Gasteiger charge is 2.58. The molecule has 0 saturated carbocycles. The molecule has 83 heavy (non-hydrogen) atoms. The van der Waals surface area contributed by atoms with Crippen LogP contribution < -0.4 is 21.3 Å². The van der Waals surface area contributed by atoms with E-state index in [0.717, 1.165) is 7.11 Å². The van der Waals surface area contributed by atoms with Crippen molar-refractivity contribution >= 4 is 23.6 Å². The van der Waals surface area contributed by atoms with Gasteiger partial charge in [0.15, 0.2) is 68.2 Å². The van der Waals surface area contributed by atoms with Crippen LogP contribution >= 0.6 is 0 Å². The van der Waals surface area contributed by atoms with Crippen LogP contribution in [0.25, 0.3) is 0 Å². The molecule has 4 amide bonds. The summed E-state index contributed by atoms with van der Waals surface area (Å²) in [4.78, 5) is 55.7. The SMILES string of the molecule is CO[C@H]1O[C@H](C(=O)N[C@@H]2O[C@H](C(=O)N[C@@H]3O[C@H](C(=O)N[C@@H]4O[C@H](C(=O)N[C@@H]5O[C@H](CO)[C@@H](O)[C@H](O)[C@H]5O)[C@@H](O)[C@H](O[C@@H]5O[C@H](CO)[C@@H](O)[C@H](O)[C@H]5O)[C@H]4O)[C@@H](O)[C@H](O)[C@H]3O)[C@@H](O)[C@H](O[C@@H]3O[C@H](CO)[C@@H](O)[C@H](O)[C@H]3O)[C@H]2O)[C@@H](O)[C@H](O)[C@H]1O. The van der Waals surface area contributed by atoms with E-state index in [4.69, 9.17) is 47.4 Å². The average molecular weight is 1220 g/mol. The number of aliphatic hydroxyl groups is 22. The number of rotatable bonds is 16. The smallest absolute Gasteiger partial charge is 0.254 e. The van der Waals surface area contributed by atoms with Crippen molar-refractivity contribution in [3.8, 4) is 0 Å². The van der Waals surface area contributed by atoms with Gasteiger partial charge >= 0.3 is 0 Å². The summed E-state index contributed by atoms with van der Waals surface area (Å²) >= 11 is 0. The van der Waals surface area contributed by atoms with E-state index in [0.29, 0.717) is 0 Å². The van der Waals surface area contributed by atoms with Crippen LogP contribution in [0.4, 0.5) is 0 Å². The fraction of sp³-hybridized carbons (Fsp3) is 0.907. The normalized spacial score (nSPS) is 50.6. The monoisotopic (exact) mass is 1220 g/mol. The van der Waals surface area contributed by atoms with E-state index in [2.05, 4.69) is 0 Å². The van der Waals surface area contributed by atoms with Gasteiger partial charge in [-0.1, -0.05) is 0 Å². The zero-order valence-corrected chi connectivity index (χ0v) is 42.9. The second kappa shape index (κ2) is 27.7. The van der Waals surface area contributed by atoms with Crippen molar-refractivity contribution in [1.82, 2.24) is 21.3 Å². The van der Waals surface area contributed by atoms with Crippen molar-refractivity contribution in [3.63, 3.8) is 0 Å². The topological polar surface area (TPSA) is 654 Å². The lowest BCUT2D eigenvalue weighted by Gasteiger charge is -2.47. The van der Waals surface area contributed by atoms with Crippen LogP contribution in [-0.4, -0.2) is 378 Å². The number of ether oxygens (including phenoxy) is 10. The molecule has 35 atom stereocenters. The van der Waals surface area contributed by atoms with Crippen molar-refractivity contribution in [2.75, 3.05) is 26.9 Å². The first-order valence-electron chi connectivity index (χ1n) is 25.4. The van der Waals surface area contributed by atoms with E-state index in [1.165, 1.54) is 0 Å². The lowest BCUT2D eigenvalue weighted by molar-refractivity contribution is -0.340. The third kappa shape index (κ3) is 13.5. The minimum atomic E-state index is -2.55. The lowest BCUT2D eigenvalue weighted by atomic mass is 9.94. The number of nitrogens with one attached hydrogen (secondary N) is 4. The summed E-state index contributed by atoms with van der Waals surface area (Å²) in [5.74, 6) is -6.42. The van der Waals surface area contributed by atoms with Gasteiger partial charge in [0.25, 0.3) is 23.6 Å². The Morgan fingerprint density at radius 1 is 0.301 bits per heavy atom. The first kappa shape index (κ1) is 67.1. The van der Waals surface area contributed by atoms with Gasteiger partial charge in [-0.05, 0) is 0 Å². The van der Waals surface area contributed by atoms with Crippen molar-refractivity contribution < 1.29 is 179 Å². The largest absolute Gasteiger partial charge is 0.394 e. The van der Waals surface area contributed by atoms with Crippen LogP contribution in [-0.2, 0) is 66.5 Å². The number of aliphatic hydroxyl groups excluding tert-OH is 22. The van der Waals surface area contributed by atoms with E-state index < -0.39 is 258 Å². The zero-order chi connectivity index (χ0) is 61.5. The zero-order valence-electron chi connectivity index (χ0n) is 42.9. The van der Waals surface area contributed by atoms with Gasteiger partial charge < -0.3 is 181 Å². The molecule has 26 N–H and O–H groups in total. The lowest BCUT2D eigenvalue weighted by Crippen LogP contribution is -2.72. The molecule has 0 aliphatic carbocycles. The number of amides is 4. The molecule has 7 rings (SSSR count). The summed E-state index contributed by atoms with van der Waals surface area (Å²) in [7, 11) is 0.983. The Labute approximate surface area is 464 Å². The van der Waals surface area contributed by atoms with Gasteiger partial charge in [0.2, 0.25) is 0 Å².